The summed E-state index contributed by atoms with van der Waals surface area (Å²) in [7, 11) is 0. The molecule has 0 radical (unpaired) electrons. The van der Waals surface area contributed by atoms with E-state index >= 15 is 0 Å². The maximum absolute atomic E-state index is 7.46. The van der Waals surface area contributed by atoms with Crippen molar-refractivity contribution < 1.29 is 0 Å². The number of nitrogens with zero attached hydrogens (tertiary/aromatic N) is 6. The lowest BCUT2D eigenvalue weighted by molar-refractivity contribution is 0.631. The average Bonchev–Trinajstić information content (AvgIpc) is 3.27. The summed E-state index contributed by atoms with van der Waals surface area (Å²) >= 11 is 0. The highest BCUT2D eigenvalue weighted by atomic mass is 15.2. The first-order valence-electron chi connectivity index (χ1n) is 12.1. The summed E-state index contributed by atoms with van der Waals surface area (Å²) in [4.78, 5) is 20.0. The second-order valence-corrected chi connectivity index (χ2v) is 9.77. The molecule has 1 aliphatic heterocycles. The number of benzene rings is 3. The molecule has 176 valence electrons. The van der Waals surface area contributed by atoms with Crippen LogP contribution in [0.1, 0.15) is 25.0 Å². The predicted molar refractivity (Wildman–Crippen MR) is 147 cm³/mol. The molecule has 0 atom stereocenters. The van der Waals surface area contributed by atoms with E-state index in [2.05, 4.69) is 86.7 Å². The Morgan fingerprint density at radius 2 is 1.41 bits per heavy atom. The van der Waals surface area contributed by atoms with Gasteiger partial charge in [-0.25, -0.2) is 9.83 Å². The van der Waals surface area contributed by atoms with Gasteiger partial charge in [-0.1, -0.05) is 56.3 Å². The third-order valence-electron chi connectivity index (χ3n) is 7.38. The van der Waals surface area contributed by atoms with Gasteiger partial charge >= 0.3 is 0 Å². The van der Waals surface area contributed by atoms with Gasteiger partial charge in [0.05, 0.1) is 41.4 Å². The fraction of sp³-hybridized carbons (Fsp3) is 0.0968. The van der Waals surface area contributed by atoms with Crippen LogP contribution in [0.2, 0.25) is 0 Å². The van der Waals surface area contributed by atoms with Crippen LogP contribution in [-0.4, -0.2) is 19.5 Å². The SMILES string of the molecule is [C-]#[N+]c1ccc2c(c1)c1cnccc1n2-c1cncc(N2c3ccccc3C(C)(C)c3ccccc32)n1. The summed E-state index contributed by atoms with van der Waals surface area (Å²) in [5, 5.41) is 1.95. The maximum atomic E-state index is 7.46. The van der Waals surface area contributed by atoms with E-state index < -0.39 is 0 Å². The zero-order chi connectivity index (χ0) is 25.1. The van der Waals surface area contributed by atoms with Crippen LogP contribution < -0.4 is 4.90 Å². The summed E-state index contributed by atoms with van der Waals surface area (Å²) in [6, 6.07) is 24.8. The fourth-order valence-corrected chi connectivity index (χ4v) is 5.65. The summed E-state index contributed by atoms with van der Waals surface area (Å²) in [5.41, 5.74) is 7.08. The molecule has 0 aliphatic carbocycles. The summed E-state index contributed by atoms with van der Waals surface area (Å²) in [5.74, 6) is 1.45. The molecule has 7 rings (SSSR count). The van der Waals surface area contributed by atoms with Crippen LogP contribution in [0.15, 0.2) is 97.6 Å². The first-order chi connectivity index (χ1) is 18.1. The standard InChI is InChI=1S/C31H22N6/c1-31(2)23-8-4-6-10-27(23)37(28-11-7-5-9-24(28)31)30-19-34-18-29(35-30)36-25-13-12-20(32-3)16-21(25)22-17-33-15-14-26(22)36/h4-19H,1-2H3. The van der Waals surface area contributed by atoms with Gasteiger partial charge in [-0.2, -0.15) is 0 Å². The minimum absolute atomic E-state index is 0.144. The Kier molecular flexibility index (Phi) is 4.45. The largest absolute Gasteiger partial charge is 0.293 e. The lowest BCUT2D eigenvalue weighted by atomic mass is 9.74. The number of aromatic nitrogens is 4. The Morgan fingerprint density at radius 3 is 2.14 bits per heavy atom. The molecule has 6 nitrogen and oxygen atoms in total. The van der Waals surface area contributed by atoms with Crippen LogP contribution in [0.4, 0.5) is 22.9 Å². The highest BCUT2D eigenvalue weighted by Gasteiger charge is 2.37. The molecule has 0 N–H and O–H groups in total. The van der Waals surface area contributed by atoms with E-state index in [0.717, 1.165) is 39.0 Å². The van der Waals surface area contributed by atoms with Gasteiger partial charge in [-0.05, 0) is 46.8 Å². The van der Waals surface area contributed by atoms with Gasteiger partial charge in [0.15, 0.2) is 17.3 Å². The van der Waals surface area contributed by atoms with Crippen molar-refractivity contribution >= 4 is 44.7 Å². The summed E-state index contributed by atoms with van der Waals surface area (Å²) < 4.78 is 2.10. The number of rotatable bonds is 2. The third kappa shape index (κ3) is 3.01. The van der Waals surface area contributed by atoms with Crippen LogP contribution in [0.25, 0.3) is 32.5 Å². The number of hydrogen-bond acceptors (Lipinski definition) is 4. The molecule has 0 unspecified atom stereocenters. The molecule has 0 spiro atoms. The van der Waals surface area contributed by atoms with E-state index in [-0.39, 0.29) is 5.41 Å². The molecule has 0 amide bonds. The molecule has 4 heterocycles. The third-order valence-corrected chi connectivity index (χ3v) is 7.38. The average molecular weight is 479 g/mol. The van der Waals surface area contributed by atoms with Gasteiger partial charge in [-0.15, -0.1) is 0 Å². The smallest absolute Gasteiger partial charge is 0.188 e. The lowest BCUT2D eigenvalue weighted by Crippen LogP contribution is -2.31. The van der Waals surface area contributed by atoms with Crippen molar-refractivity contribution in [3.05, 3.63) is 120 Å². The molecule has 3 aromatic heterocycles. The molecule has 0 fully saturated rings. The fourth-order valence-electron chi connectivity index (χ4n) is 5.65. The van der Waals surface area contributed by atoms with Gasteiger partial charge in [0, 0.05) is 23.2 Å². The molecular weight excluding hydrogens is 456 g/mol. The zero-order valence-corrected chi connectivity index (χ0v) is 20.4. The maximum Gasteiger partial charge on any atom is 0.188 e. The van der Waals surface area contributed by atoms with Crippen LogP contribution >= 0.6 is 0 Å². The van der Waals surface area contributed by atoms with Gasteiger partial charge in [0.25, 0.3) is 0 Å². The van der Waals surface area contributed by atoms with Gasteiger partial charge < -0.3 is 0 Å². The van der Waals surface area contributed by atoms with Gasteiger partial charge in [0.1, 0.15) is 0 Å². The van der Waals surface area contributed by atoms with E-state index in [1.54, 1.807) is 12.4 Å². The number of fused-ring (bicyclic) bond motifs is 5. The van der Waals surface area contributed by atoms with E-state index in [1.807, 2.05) is 36.7 Å². The Labute approximate surface area is 214 Å². The zero-order valence-electron chi connectivity index (χ0n) is 20.4. The first-order valence-corrected chi connectivity index (χ1v) is 12.1. The molecule has 3 aromatic carbocycles. The van der Waals surface area contributed by atoms with Crippen molar-refractivity contribution in [1.29, 1.82) is 0 Å². The first kappa shape index (κ1) is 21.3. The lowest BCUT2D eigenvalue weighted by Gasteiger charge is -2.41. The number of anilines is 3. The van der Waals surface area contributed by atoms with Crippen molar-refractivity contribution in [1.82, 2.24) is 19.5 Å². The number of pyridine rings is 1. The molecule has 6 aromatic rings. The summed E-state index contributed by atoms with van der Waals surface area (Å²) in [6.45, 7) is 12.0. The van der Waals surface area contributed by atoms with E-state index in [1.165, 1.54) is 11.1 Å². The van der Waals surface area contributed by atoms with E-state index in [9.17, 15) is 0 Å². The van der Waals surface area contributed by atoms with Crippen LogP contribution in [0.3, 0.4) is 0 Å². The highest BCUT2D eigenvalue weighted by molar-refractivity contribution is 6.09. The predicted octanol–water partition coefficient (Wildman–Crippen LogP) is 7.63. The highest BCUT2D eigenvalue weighted by Crippen LogP contribution is 2.51. The van der Waals surface area contributed by atoms with Crippen molar-refractivity contribution in [2.24, 2.45) is 0 Å². The van der Waals surface area contributed by atoms with Crippen molar-refractivity contribution in [2.45, 2.75) is 19.3 Å². The number of hydrogen-bond donors (Lipinski definition) is 0. The molecule has 0 saturated carbocycles. The van der Waals surface area contributed by atoms with E-state index in [0.29, 0.717) is 11.5 Å². The molecule has 6 heteroatoms. The van der Waals surface area contributed by atoms with Crippen LogP contribution in [0, 0.1) is 6.57 Å². The molecule has 1 aliphatic rings. The molecule has 0 bridgehead atoms. The van der Waals surface area contributed by atoms with E-state index in [4.69, 9.17) is 11.6 Å². The Bertz CT molecular complexity index is 1840. The Balaban J connectivity index is 1.49. The topological polar surface area (TPSA) is 51.2 Å². The molecule has 0 saturated heterocycles. The summed E-state index contributed by atoms with van der Waals surface area (Å²) in [6.07, 6.45) is 7.24. The van der Waals surface area contributed by atoms with Crippen molar-refractivity contribution in [3.8, 4) is 5.82 Å². The minimum Gasteiger partial charge on any atom is -0.293 e. The van der Waals surface area contributed by atoms with Crippen LogP contribution in [0.5, 0.6) is 0 Å². The molecular formula is C31H22N6. The minimum atomic E-state index is -0.144. The quantitative estimate of drug-likeness (QED) is 0.240. The van der Waals surface area contributed by atoms with Crippen LogP contribution in [-0.2, 0) is 5.41 Å². The Hall–Kier alpha value is -5.02. The van der Waals surface area contributed by atoms with Crippen molar-refractivity contribution in [3.63, 3.8) is 0 Å². The second kappa shape index (κ2) is 7.74. The number of para-hydroxylation sites is 2. The van der Waals surface area contributed by atoms with Gasteiger partial charge in [0.2, 0.25) is 0 Å². The normalized spacial score (nSPS) is 13.8. The monoisotopic (exact) mass is 478 g/mol. The second-order valence-electron chi connectivity index (χ2n) is 9.77. The van der Waals surface area contributed by atoms with Gasteiger partial charge in [-0.3, -0.25) is 19.4 Å². The van der Waals surface area contributed by atoms with Crippen molar-refractivity contribution in [2.75, 3.05) is 4.90 Å². The Morgan fingerprint density at radius 1 is 0.730 bits per heavy atom. The molecule has 37 heavy (non-hydrogen) atoms.